The summed E-state index contributed by atoms with van der Waals surface area (Å²) in [6.45, 7) is 4.26. The molecule has 4 rings (SSSR count). The van der Waals surface area contributed by atoms with Gasteiger partial charge in [-0.1, -0.05) is 31.2 Å². The summed E-state index contributed by atoms with van der Waals surface area (Å²) in [7, 11) is 0. The van der Waals surface area contributed by atoms with E-state index in [1.54, 1.807) is 18.0 Å². The number of fused-ring (bicyclic) bond motifs is 1. The summed E-state index contributed by atoms with van der Waals surface area (Å²) in [4.78, 5) is 16.7. The van der Waals surface area contributed by atoms with Gasteiger partial charge in [0, 0.05) is 17.4 Å². The molecular weight excluding hydrogens is 410 g/mol. The Hall–Kier alpha value is -3.08. The van der Waals surface area contributed by atoms with Crippen LogP contribution < -0.4 is 5.32 Å². The second-order valence-corrected chi connectivity index (χ2v) is 7.06. The van der Waals surface area contributed by atoms with E-state index in [1.165, 1.54) is 11.0 Å². The Morgan fingerprint density at radius 2 is 2.03 bits per heavy atom. The minimum atomic E-state index is -2.89. The maximum atomic E-state index is 13.2. The van der Waals surface area contributed by atoms with E-state index in [9.17, 15) is 8.78 Å². The van der Waals surface area contributed by atoms with E-state index in [-0.39, 0.29) is 11.8 Å². The number of alkyl halides is 2. The summed E-state index contributed by atoms with van der Waals surface area (Å²) in [6, 6.07) is 7.89. The molecule has 0 fully saturated rings. The van der Waals surface area contributed by atoms with Crippen molar-refractivity contribution < 1.29 is 8.78 Å². The lowest BCUT2D eigenvalue weighted by molar-refractivity contribution is 0.0367. The minimum Gasteiger partial charge on any atom is -0.362 e. The highest BCUT2D eigenvalue weighted by atomic mass is 32.2. The molecule has 0 atom stereocenters. The third-order valence-corrected chi connectivity index (χ3v) is 4.63. The molecule has 0 radical (unpaired) electrons. The number of benzene rings is 1. The zero-order valence-corrected chi connectivity index (χ0v) is 17.8. The van der Waals surface area contributed by atoms with Gasteiger partial charge in [-0.15, -0.1) is 16.9 Å². The number of nitrogens with one attached hydrogen (secondary N) is 2. The van der Waals surface area contributed by atoms with Crippen molar-refractivity contribution in [2.24, 2.45) is 0 Å². The molecule has 2 N–H and O–H groups in total. The minimum absolute atomic E-state index is 0.182. The molecule has 0 aliphatic rings. The van der Waals surface area contributed by atoms with E-state index in [2.05, 4.69) is 35.6 Å². The van der Waals surface area contributed by atoms with Gasteiger partial charge in [0.15, 0.2) is 11.5 Å². The van der Waals surface area contributed by atoms with Gasteiger partial charge >= 0.3 is 0 Å². The molecule has 158 valence electrons. The van der Waals surface area contributed by atoms with Crippen LogP contribution in [0.2, 0.25) is 0 Å². The number of rotatable bonds is 6. The van der Waals surface area contributed by atoms with E-state index < -0.39 is 12.5 Å². The van der Waals surface area contributed by atoms with Crippen LogP contribution in [0.4, 0.5) is 14.6 Å². The van der Waals surface area contributed by atoms with Crippen molar-refractivity contribution in [2.45, 2.75) is 31.6 Å². The summed E-state index contributed by atoms with van der Waals surface area (Å²) >= 11 is 1.63. The van der Waals surface area contributed by atoms with Crippen molar-refractivity contribution in [3.05, 3.63) is 36.8 Å². The predicted octanol–water partition coefficient (Wildman–Crippen LogP) is 4.42. The molecule has 0 amide bonds. The molecule has 0 bridgehead atoms. The molecule has 0 aliphatic heterocycles. The van der Waals surface area contributed by atoms with Gasteiger partial charge in [0.05, 0.1) is 19.1 Å². The Balaban J connectivity index is 0.00000124. The maximum Gasteiger partial charge on any atom is 0.262 e. The fourth-order valence-corrected chi connectivity index (χ4v) is 3.03. The topological polar surface area (TPSA) is 97.2 Å². The first-order valence-electron chi connectivity index (χ1n) is 9.33. The van der Waals surface area contributed by atoms with E-state index in [4.69, 9.17) is 0 Å². The quantitative estimate of drug-likeness (QED) is 0.435. The number of halogens is 2. The zero-order chi connectivity index (χ0) is 21.7. The van der Waals surface area contributed by atoms with Crippen molar-refractivity contribution in [1.82, 2.24) is 34.9 Å². The van der Waals surface area contributed by atoms with E-state index in [0.29, 0.717) is 16.9 Å². The highest BCUT2D eigenvalue weighted by molar-refractivity contribution is 7.98. The van der Waals surface area contributed by atoms with Crippen LogP contribution in [0.15, 0.2) is 41.7 Å². The monoisotopic (exact) mass is 432 g/mol. The third kappa shape index (κ3) is 4.90. The van der Waals surface area contributed by atoms with Gasteiger partial charge in [-0.3, -0.25) is 0 Å². The van der Waals surface area contributed by atoms with Crippen molar-refractivity contribution in [3.8, 4) is 17.2 Å². The van der Waals surface area contributed by atoms with Gasteiger partial charge < -0.3 is 10.3 Å². The van der Waals surface area contributed by atoms with Crippen LogP contribution in [0.3, 0.4) is 0 Å². The molecule has 3 heterocycles. The number of aromatic amines is 1. The molecule has 4 aromatic rings. The van der Waals surface area contributed by atoms with Crippen LogP contribution >= 0.6 is 11.8 Å². The lowest BCUT2D eigenvalue weighted by Gasteiger charge is -2.12. The van der Waals surface area contributed by atoms with Gasteiger partial charge in [-0.05, 0) is 18.4 Å². The molecule has 30 heavy (non-hydrogen) atoms. The summed E-state index contributed by atoms with van der Waals surface area (Å²) in [5, 5.41) is 10.9. The highest BCUT2D eigenvalue weighted by Crippen LogP contribution is 2.24. The van der Waals surface area contributed by atoms with Gasteiger partial charge in [0.1, 0.15) is 11.2 Å². The summed E-state index contributed by atoms with van der Waals surface area (Å²) in [5.74, 6) is -2.48. The first-order chi connectivity index (χ1) is 14.4. The van der Waals surface area contributed by atoms with Crippen molar-refractivity contribution >= 4 is 28.7 Å². The van der Waals surface area contributed by atoms with Crippen LogP contribution in [0.1, 0.15) is 20.8 Å². The number of H-pyrrole nitrogens is 1. The fraction of sp³-hybridized carbons (Fsp3) is 0.316. The lowest BCUT2D eigenvalue weighted by atomic mass is 10.2. The lowest BCUT2D eigenvalue weighted by Crippen LogP contribution is -2.23. The van der Waals surface area contributed by atoms with Crippen molar-refractivity contribution in [1.29, 1.82) is 0 Å². The van der Waals surface area contributed by atoms with Crippen LogP contribution in [-0.2, 0) is 0 Å². The molecule has 0 unspecified atom stereocenters. The molecular formula is C19H22F2N8S. The number of thioether (sulfide) groups is 1. The molecule has 0 aliphatic carbocycles. The van der Waals surface area contributed by atoms with Crippen LogP contribution in [-0.4, -0.2) is 53.7 Å². The standard InChI is InChI=1S/C17H16F2N8S.C2H6/c1-17(18,19)8-20-14-13-15(22-9-21-13)24-16(23-14)27-7-12(25-26-27)10-4-3-5-11(6-10)28-2;1-2/h3-7,9H,8H2,1-2H3,(H2,20,21,22,23,24);1-2H3. The zero-order valence-electron chi connectivity index (χ0n) is 17.0. The highest BCUT2D eigenvalue weighted by Gasteiger charge is 2.22. The Morgan fingerprint density at radius 3 is 2.77 bits per heavy atom. The Morgan fingerprint density at radius 1 is 1.23 bits per heavy atom. The van der Waals surface area contributed by atoms with E-state index in [1.807, 2.05) is 44.4 Å². The Labute approximate surface area is 176 Å². The largest absolute Gasteiger partial charge is 0.362 e. The van der Waals surface area contributed by atoms with Crippen LogP contribution in [0, 0.1) is 0 Å². The fourth-order valence-electron chi connectivity index (χ4n) is 2.57. The summed E-state index contributed by atoms with van der Waals surface area (Å²) < 4.78 is 27.9. The molecule has 3 aromatic heterocycles. The number of nitrogens with zero attached hydrogens (tertiary/aromatic N) is 6. The number of aromatic nitrogens is 7. The van der Waals surface area contributed by atoms with Gasteiger partial charge in [0.2, 0.25) is 0 Å². The normalized spacial score (nSPS) is 11.3. The summed E-state index contributed by atoms with van der Waals surface area (Å²) in [6.07, 6.45) is 5.11. The Bertz CT molecular complexity index is 1120. The molecule has 1 aromatic carbocycles. The van der Waals surface area contributed by atoms with Gasteiger partial charge in [-0.2, -0.15) is 14.6 Å². The van der Waals surface area contributed by atoms with Crippen molar-refractivity contribution in [3.63, 3.8) is 0 Å². The number of hydrogen-bond donors (Lipinski definition) is 2. The molecule has 0 spiro atoms. The first-order valence-corrected chi connectivity index (χ1v) is 10.6. The molecule has 0 saturated heterocycles. The van der Waals surface area contributed by atoms with Gasteiger partial charge in [-0.25, -0.2) is 13.8 Å². The Kier molecular flexibility index (Phi) is 6.60. The van der Waals surface area contributed by atoms with Gasteiger partial charge in [0.25, 0.3) is 11.9 Å². The smallest absolute Gasteiger partial charge is 0.262 e. The average Bonchev–Trinajstić information content (AvgIpc) is 3.42. The second-order valence-electron chi connectivity index (χ2n) is 6.18. The van der Waals surface area contributed by atoms with Crippen molar-refractivity contribution in [2.75, 3.05) is 18.1 Å². The van der Waals surface area contributed by atoms with E-state index in [0.717, 1.165) is 17.4 Å². The third-order valence-electron chi connectivity index (χ3n) is 3.90. The molecule has 11 heteroatoms. The number of anilines is 1. The van der Waals surface area contributed by atoms with Crippen LogP contribution in [0.5, 0.6) is 0 Å². The molecule has 8 nitrogen and oxygen atoms in total. The molecule has 0 saturated carbocycles. The SMILES string of the molecule is CC.CSc1cccc(-c2cn(-c3nc(NCC(C)(F)F)c4[nH]cnc4n3)nn2)c1. The number of hydrogen-bond acceptors (Lipinski definition) is 7. The second kappa shape index (κ2) is 9.16. The maximum absolute atomic E-state index is 13.2. The van der Waals surface area contributed by atoms with Crippen LogP contribution in [0.25, 0.3) is 28.4 Å². The number of imidazole rings is 1. The predicted molar refractivity (Wildman–Crippen MR) is 114 cm³/mol. The first kappa shape index (κ1) is 21.6. The average molecular weight is 433 g/mol. The summed E-state index contributed by atoms with van der Waals surface area (Å²) in [5.41, 5.74) is 2.34. The van der Waals surface area contributed by atoms with E-state index >= 15 is 0 Å².